The van der Waals surface area contributed by atoms with Gasteiger partial charge in [0, 0.05) is 6.61 Å². The summed E-state index contributed by atoms with van der Waals surface area (Å²) in [4.78, 5) is 0. The first kappa shape index (κ1) is 15.5. The van der Waals surface area contributed by atoms with Crippen LogP contribution >= 0.6 is 0 Å². The van der Waals surface area contributed by atoms with Gasteiger partial charge in [-0.15, -0.1) is 0 Å². The summed E-state index contributed by atoms with van der Waals surface area (Å²) in [5.41, 5.74) is 1.49. The molecule has 104 valence electrons. The molecule has 0 aliphatic heterocycles. The molecule has 0 N–H and O–H groups in total. The van der Waals surface area contributed by atoms with Gasteiger partial charge in [-0.1, -0.05) is 19.9 Å². The van der Waals surface area contributed by atoms with E-state index in [1.807, 2.05) is 6.07 Å². The van der Waals surface area contributed by atoms with E-state index in [9.17, 15) is 0 Å². The molecule has 0 aliphatic rings. The average molecular weight is 263 g/mol. The van der Waals surface area contributed by atoms with Crippen molar-refractivity contribution in [3.8, 4) is 11.8 Å². The minimum Gasteiger partial charge on any atom is -0.495 e. The summed E-state index contributed by atoms with van der Waals surface area (Å²) in [7, 11) is 1.55. The van der Waals surface area contributed by atoms with Crippen LogP contribution in [0.25, 0.3) is 0 Å². The third-order valence-electron chi connectivity index (χ3n) is 2.48. The number of hydrogen-bond donors (Lipinski definition) is 0. The molecule has 0 aromatic heterocycles. The number of hydrogen-bond acceptors (Lipinski definition) is 4. The highest BCUT2D eigenvalue weighted by atomic mass is 16.5. The van der Waals surface area contributed by atoms with Crippen LogP contribution in [0.3, 0.4) is 0 Å². The summed E-state index contributed by atoms with van der Waals surface area (Å²) < 4.78 is 16.0. The molecule has 0 atom stereocenters. The summed E-state index contributed by atoms with van der Waals surface area (Å²) in [6.45, 7) is 6.61. The molecule has 19 heavy (non-hydrogen) atoms. The van der Waals surface area contributed by atoms with Gasteiger partial charge in [-0.25, -0.2) is 0 Å². The van der Waals surface area contributed by atoms with E-state index in [0.717, 1.165) is 12.2 Å². The van der Waals surface area contributed by atoms with Crippen molar-refractivity contribution in [3.05, 3.63) is 29.3 Å². The second kappa shape index (κ2) is 8.52. The van der Waals surface area contributed by atoms with Gasteiger partial charge >= 0.3 is 0 Å². The van der Waals surface area contributed by atoms with E-state index in [-0.39, 0.29) is 0 Å². The topological polar surface area (TPSA) is 51.5 Å². The molecular formula is C15H21NO3. The molecule has 1 rings (SSSR count). The smallest absolute Gasteiger partial charge is 0.136 e. The second-order valence-corrected chi connectivity index (χ2v) is 4.67. The molecule has 1 aromatic rings. The summed E-state index contributed by atoms with van der Waals surface area (Å²) in [6, 6.07) is 7.57. The highest BCUT2D eigenvalue weighted by Gasteiger charge is 2.03. The van der Waals surface area contributed by atoms with Gasteiger partial charge < -0.3 is 14.2 Å². The summed E-state index contributed by atoms with van der Waals surface area (Å²) in [6.07, 6.45) is 0. The SMILES string of the molecule is COc1ccc(COCCOCC(C)C)cc1C#N. The van der Waals surface area contributed by atoms with Gasteiger partial charge in [-0.2, -0.15) is 5.26 Å². The number of rotatable bonds is 8. The van der Waals surface area contributed by atoms with Gasteiger partial charge in [0.1, 0.15) is 11.8 Å². The lowest BCUT2D eigenvalue weighted by atomic mass is 10.1. The normalized spacial score (nSPS) is 10.5. The fourth-order valence-corrected chi connectivity index (χ4v) is 1.56. The van der Waals surface area contributed by atoms with Crippen molar-refractivity contribution in [2.45, 2.75) is 20.5 Å². The molecular weight excluding hydrogens is 242 g/mol. The fourth-order valence-electron chi connectivity index (χ4n) is 1.56. The largest absolute Gasteiger partial charge is 0.495 e. The molecule has 0 aliphatic carbocycles. The first-order valence-electron chi connectivity index (χ1n) is 6.40. The molecule has 1 aromatic carbocycles. The van der Waals surface area contributed by atoms with Crippen molar-refractivity contribution in [1.29, 1.82) is 5.26 Å². The first-order valence-corrected chi connectivity index (χ1v) is 6.40. The molecule has 0 amide bonds. The Balaban J connectivity index is 2.32. The van der Waals surface area contributed by atoms with Crippen LogP contribution in [0.15, 0.2) is 18.2 Å². The van der Waals surface area contributed by atoms with Crippen LogP contribution < -0.4 is 4.74 Å². The minimum atomic E-state index is 0.476. The van der Waals surface area contributed by atoms with Crippen LogP contribution in [0.2, 0.25) is 0 Å². The van der Waals surface area contributed by atoms with E-state index in [0.29, 0.717) is 37.1 Å². The van der Waals surface area contributed by atoms with E-state index in [1.54, 1.807) is 19.2 Å². The lowest BCUT2D eigenvalue weighted by Crippen LogP contribution is -2.08. The molecule has 4 nitrogen and oxygen atoms in total. The standard InChI is InChI=1S/C15H21NO3/c1-12(2)10-18-6-7-19-11-13-4-5-15(17-3)14(8-13)9-16/h4-5,8,12H,6-7,10-11H2,1-3H3. The highest BCUT2D eigenvalue weighted by Crippen LogP contribution is 2.19. The zero-order chi connectivity index (χ0) is 14.1. The Morgan fingerprint density at radius 2 is 1.95 bits per heavy atom. The molecule has 0 heterocycles. The van der Waals surface area contributed by atoms with Gasteiger partial charge in [0.2, 0.25) is 0 Å². The van der Waals surface area contributed by atoms with Gasteiger partial charge in [0.25, 0.3) is 0 Å². The Morgan fingerprint density at radius 1 is 1.21 bits per heavy atom. The maximum atomic E-state index is 8.98. The van der Waals surface area contributed by atoms with E-state index < -0.39 is 0 Å². The van der Waals surface area contributed by atoms with Gasteiger partial charge in [-0.05, 0) is 23.6 Å². The maximum absolute atomic E-state index is 8.98. The summed E-state index contributed by atoms with van der Waals surface area (Å²) in [5.74, 6) is 1.13. The van der Waals surface area contributed by atoms with E-state index in [2.05, 4.69) is 19.9 Å². The number of ether oxygens (including phenoxy) is 3. The zero-order valence-corrected chi connectivity index (χ0v) is 11.8. The second-order valence-electron chi connectivity index (χ2n) is 4.67. The van der Waals surface area contributed by atoms with Crippen molar-refractivity contribution in [3.63, 3.8) is 0 Å². The molecule has 4 heteroatoms. The van der Waals surface area contributed by atoms with Crippen LogP contribution in [-0.2, 0) is 16.1 Å². The number of nitriles is 1. The Hall–Kier alpha value is -1.57. The van der Waals surface area contributed by atoms with Crippen LogP contribution in [0, 0.1) is 17.2 Å². The third-order valence-corrected chi connectivity index (χ3v) is 2.48. The number of benzene rings is 1. The fraction of sp³-hybridized carbons (Fsp3) is 0.533. The van der Waals surface area contributed by atoms with Crippen LogP contribution in [0.1, 0.15) is 25.0 Å². The molecule has 0 saturated carbocycles. The molecule has 0 fully saturated rings. The highest BCUT2D eigenvalue weighted by molar-refractivity contribution is 5.45. The third kappa shape index (κ3) is 5.73. The minimum absolute atomic E-state index is 0.476. The van der Waals surface area contributed by atoms with Crippen LogP contribution in [0.4, 0.5) is 0 Å². The summed E-state index contributed by atoms with van der Waals surface area (Å²) in [5, 5.41) is 8.98. The van der Waals surface area contributed by atoms with Gasteiger partial charge in [0.05, 0.1) is 32.5 Å². The van der Waals surface area contributed by atoms with Crippen molar-refractivity contribution < 1.29 is 14.2 Å². The zero-order valence-electron chi connectivity index (χ0n) is 11.8. The quantitative estimate of drug-likeness (QED) is 0.677. The lowest BCUT2D eigenvalue weighted by Gasteiger charge is -2.08. The average Bonchev–Trinajstić information content (AvgIpc) is 2.42. The predicted octanol–water partition coefficient (Wildman–Crippen LogP) is 2.76. The number of nitrogens with zero attached hydrogens (tertiary/aromatic N) is 1. The Kier molecular flexibility index (Phi) is 6.94. The Labute approximate surface area is 114 Å². The Morgan fingerprint density at radius 3 is 2.58 bits per heavy atom. The molecule has 0 saturated heterocycles. The molecule has 0 spiro atoms. The maximum Gasteiger partial charge on any atom is 0.136 e. The predicted molar refractivity (Wildman–Crippen MR) is 73.0 cm³/mol. The molecule has 0 bridgehead atoms. The van der Waals surface area contributed by atoms with Crippen molar-refractivity contribution in [1.82, 2.24) is 0 Å². The molecule has 0 unspecified atom stereocenters. The Bertz CT molecular complexity index is 424. The van der Waals surface area contributed by atoms with Crippen LogP contribution in [-0.4, -0.2) is 26.9 Å². The number of methoxy groups -OCH3 is 1. The van der Waals surface area contributed by atoms with E-state index in [4.69, 9.17) is 19.5 Å². The van der Waals surface area contributed by atoms with Crippen LogP contribution in [0.5, 0.6) is 5.75 Å². The molecule has 0 radical (unpaired) electrons. The van der Waals surface area contributed by atoms with Gasteiger partial charge in [-0.3, -0.25) is 0 Å². The first-order chi connectivity index (χ1) is 9.17. The lowest BCUT2D eigenvalue weighted by molar-refractivity contribution is 0.0314. The van der Waals surface area contributed by atoms with Crippen molar-refractivity contribution in [2.24, 2.45) is 5.92 Å². The monoisotopic (exact) mass is 263 g/mol. The van der Waals surface area contributed by atoms with E-state index in [1.165, 1.54) is 0 Å². The van der Waals surface area contributed by atoms with Crippen molar-refractivity contribution in [2.75, 3.05) is 26.9 Å². The summed E-state index contributed by atoms with van der Waals surface area (Å²) >= 11 is 0. The van der Waals surface area contributed by atoms with Gasteiger partial charge in [0.15, 0.2) is 0 Å². The van der Waals surface area contributed by atoms with E-state index >= 15 is 0 Å². The van der Waals surface area contributed by atoms with Crippen molar-refractivity contribution >= 4 is 0 Å².